The van der Waals surface area contributed by atoms with Crippen molar-refractivity contribution in [3.05, 3.63) is 24.5 Å². The second-order valence-corrected chi connectivity index (χ2v) is 6.73. The van der Waals surface area contributed by atoms with Crippen LogP contribution in [0.15, 0.2) is 29.4 Å². The van der Waals surface area contributed by atoms with Gasteiger partial charge in [0.2, 0.25) is 10.0 Å². The molecule has 0 aromatic carbocycles. The van der Waals surface area contributed by atoms with Gasteiger partial charge in [0.25, 0.3) is 0 Å². The molecule has 2 aromatic heterocycles. The highest BCUT2D eigenvalue weighted by atomic mass is 32.2. The largest absolute Gasteiger partial charge is 0.480 e. The van der Waals surface area contributed by atoms with Gasteiger partial charge in [0.1, 0.15) is 16.6 Å². The molecule has 2 atom stereocenters. The number of sulfonamides is 1. The number of aliphatic hydroxyl groups excluding tert-OH is 1. The zero-order valence-electron chi connectivity index (χ0n) is 10.8. The van der Waals surface area contributed by atoms with Crippen molar-refractivity contribution in [2.45, 2.75) is 23.5 Å². The molecule has 8 nitrogen and oxygen atoms in total. The van der Waals surface area contributed by atoms with Gasteiger partial charge in [0.05, 0.1) is 6.10 Å². The minimum absolute atomic E-state index is 0.0362. The van der Waals surface area contributed by atoms with Crippen LogP contribution in [-0.2, 0) is 14.8 Å². The van der Waals surface area contributed by atoms with Crippen molar-refractivity contribution in [2.75, 3.05) is 6.54 Å². The lowest BCUT2D eigenvalue weighted by molar-refractivity contribution is -0.140. The van der Waals surface area contributed by atoms with Gasteiger partial charge in [-0.15, -0.1) is 0 Å². The highest BCUT2D eigenvalue weighted by molar-refractivity contribution is 7.89. The van der Waals surface area contributed by atoms with Crippen molar-refractivity contribution in [1.29, 1.82) is 0 Å². The molecular weight excluding hydrogens is 298 g/mol. The number of aromatic nitrogens is 2. The lowest BCUT2D eigenvalue weighted by Crippen LogP contribution is -2.40. The molecule has 0 amide bonds. The van der Waals surface area contributed by atoms with Crippen LogP contribution in [-0.4, -0.2) is 57.6 Å². The third-order valence-corrected chi connectivity index (χ3v) is 5.43. The van der Waals surface area contributed by atoms with Gasteiger partial charge in [-0.1, -0.05) is 0 Å². The molecule has 1 saturated heterocycles. The van der Waals surface area contributed by atoms with E-state index in [1.165, 1.54) is 12.4 Å². The number of pyridine rings is 1. The van der Waals surface area contributed by atoms with Crippen LogP contribution < -0.4 is 0 Å². The highest BCUT2D eigenvalue weighted by Crippen LogP contribution is 2.30. The lowest BCUT2D eigenvalue weighted by Gasteiger charge is -2.20. The fourth-order valence-electron chi connectivity index (χ4n) is 2.54. The van der Waals surface area contributed by atoms with E-state index in [1.54, 1.807) is 12.1 Å². The molecule has 0 bridgehead atoms. The number of hydrogen-bond acceptors (Lipinski definition) is 5. The quantitative estimate of drug-likeness (QED) is 0.719. The summed E-state index contributed by atoms with van der Waals surface area (Å²) in [4.78, 5) is 17.9. The molecule has 3 rings (SSSR count). The van der Waals surface area contributed by atoms with E-state index >= 15 is 0 Å². The molecule has 2 aromatic rings. The summed E-state index contributed by atoms with van der Waals surface area (Å²) in [6.45, 7) is -0.230. The molecule has 0 unspecified atom stereocenters. The number of β-amino-alcohol motifs (C(OH)–C–C–N with tert-alkyl or cyclic N) is 1. The second-order valence-electron chi connectivity index (χ2n) is 4.87. The van der Waals surface area contributed by atoms with Crippen molar-refractivity contribution in [2.24, 2.45) is 0 Å². The first-order chi connectivity index (χ1) is 9.91. The average molecular weight is 311 g/mol. The number of carboxylic acid groups (broad SMARTS) is 1. The number of hydrogen-bond donors (Lipinski definition) is 3. The van der Waals surface area contributed by atoms with Crippen LogP contribution in [0.1, 0.15) is 6.42 Å². The topological polar surface area (TPSA) is 124 Å². The minimum atomic E-state index is -4.03. The average Bonchev–Trinajstić information content (AvgIpc) is 3.02. The van der Waals surface area contributed by atoms with E-state index in [1.807, 2.05) is 0 Å². The maximum atomic E-state index is 12.7. The van der Waals surface area contributed by atoms with E-state index in [9.17, 15) is 18.3 Å². The number of nitrogens with zero attached hydrogens (tertiary/aromatic N) is 2. The van der Waals surface area contributed by atoms with Crippen LogP contribution in [0.4, 0.5) is 0 Å². The van der Waals surface area contributed by atoms with E-state index in [0.29, 0.717) is 11.0 Å². The first-order valence-corrected chi connectivity index (χ1v) is 7.70. The van der Waals surface area contributed by atoms with Gasteiger partial charge in [-0.05, 0) is 12.1 Å². The predicted octanol–water partition coefficient (Wildman–Crippen LogP) is -0.229. The van der Waals surface area contributed by atoms with Crippen LogP contribution in [0.25, 0.3) is 11.0 Å². The zero-order chi connectivity index (χ0) is 15.2. The Hall–Kier alpha value is -1.97. The Morgan fingerprint density at radius 3 is 2.95 bits per heavy atom. The van der Waals surface area contributed by atoms with Crippen LogP contribution in [0.3, 0.4) is 0 Å². The van der Waals surface area contributed by atoms with Crippen molar-refractivity contribution in [3.8, 4) is 0 Å². The second kappa shape index (κ2) is 4.79. The molecule has 0 spiro atoms. The number of carboxylic acids is 1. The molecule has 1 aliphatic heterocycles. The summed E-state index contributed by atoms with van der Waals surface area (Å²) in [7, 11) is -4.03. The van der Waals surface area contributed by atoms with Gasteiger partial charge < -0.3 is 15.2 Å². The van der Waals surface area contributed by atoms with Crippen LogP contribution in [0.2, 0.25) is 0 Å². The Morgan fingerprint density at radius 1 is 1.48 bits per heavy atom. The van der Waals surface area contributed by atoms with Gasteiger partial charge in [0.15, 0.2) is 0 Å². The molecule has 1 aliphatic rings. The van der Waals surface area contributed by atoms with E-state index in [4.69, 9.17) is 5.11 Å². The smallest absolute Gasteiger partial charge is 0.322 e. The van der Waals surface area contributed by atoms with Crippen LogP contribution in [0.5, 0.6) is 0 Å². The summed E-state index contributed by atoms with van der Waals surface area (Å²) >= 11 is 0. The number of aliphatic carboxylic acids is 1. The number of H-pyrrole nitrogens is 1. The van der Waals surface area contributed by atoms with Crippen molar-refractivity contribution < 1.29 is 23.4 Å². The maximum absolute atomic E-state index is 12.7. The molecule has 0 saturated carbocycles. The summed E-state index contributed by atoms with van der Waals surface area (Å²) in [5.74, 6) is -1.27. The molecule has 0 radical (unpaired) electrons. The molecule has 21 heavy (non-hydrogen) atoms. The molecular formula is C12H13N3O5S. The minimum Gasteiger partial charge on any atom is -0.480 e. The van der Waals surface area contributed by atoms with Crippen LogP contribution in [0, 0.1) is 0 Å². The van der Waals surface area contributed by atoms with Crippen molar-refractivity contribution >= 4 is 27.0 Å². The Bertz CT molecular complexity index is 800. The van der Waals surface area contributed by atoms with Crippen molar-refractivity contribution in [1.82, 2.24) is 14.3 Å². The maximum Gasteiger partial charge on any atom is 0.322 e. The normalized spacial score (nSPS) is 23.7. The molecule has 112 valence electrons. The lowest BCUT2D eigenvalue weighted by atomic mass is 10.2. The standard InChI is InChI=1S/C12H13N3O5S/c16-7-4-9(12(17)18)15(6-7)21(19,20)10-5-14-11-8(10)2-1-3-13-11/h1-3,5,7,9,16H,4,6H2,(H,13,14)(H,17,18)/t7-,9-/m0/s1. The summed E-state index contributed by atoms with van der Waals surface area (Å²) in [6, 6.07) is 1.93. The SMILES string of the molecule is O=C(O)[C@@H]1C[C@H](O)CN1S(=O)(=O)c1c[nH]c2ncccc12. The Morgan fingerprint density at radius 2 is 2.24 bits per heavy atom. The summed E-state index contributed by atoms with van der Waals surface area (Å²) in [5, 5.41) is 19.1. The van der Waals surface area contributed by atoms with Gasteiger partial charge in [-0.2, -0.15) is 4.31 Å². The summed E-state index contributed by atoms with van der Waals surface area (Å²) < 4.78 is 26.2. The number of fused-ring (bicyclic) bond motifs is 1. The van der Waals surface area contributed by atoms with Gasteiger partial charge in [-0.3, -0.25) is 4.79 Å². The molecule has 0 aliphatic carbocycles. The molecule has 1 fully saturated rings. The summed E-state index contributed by atoms with van der Waals surface area (Å²) in [5.41, 5.74) is 0.405. The third kappa shape index (κ3) is 2.19. The Labute approximate surface area is 120 Å². The first-order valence-electron chi connectivity index (χ1n) is 6.26. The number of carbonyl (C=O) groups is 1. The first kappa shape index (κ1) is 14.0. The van der Waals surface area contributed by atoms with Crippen molar-refractivity contribution in [3.63, 3.8) is 0 Å². The Balaban J connectivity index is 2.10. The number of rotatable bonds is 3. The van der Waals surface area contributed by atoms with E-state index < -0.39 is 28.1 Å². The third-order valence-electron chi connectivity index (χ3n) is 3.52. The Kier molecular flexibility index (Phi) is 3.19. The highest BCUT2D eigenvalue weighted by Gasteiger charge is 2.44. The predicted molar refractivity (Wildman–Crippen MR) is 72.0 cm³/mol. The fourth-order valence-corrected chi connectivity index (χ4v) is 4.33. The monoisotopic (exact) mass is 311 g/mol. The van der Waals surface area contributed by atoms with E-state index in [2.05, 4.69) is 9.97 Å². The number of aromatic amines is 1. The zero-order valence-corrected chi connectivity index (χ0v) is 11.6. The van der Waals surface area contributed by atoms with E-state index in [0.717, 1.165) is 4.31 Å². The van der Waals surface area contributed by atoms with Gasteiger partial charge in [-0.25, -0.2) is 13.4 Å². The number of nitrogens with one attached hydrogen (secondary N) is 1. The molecule has 9 heteroatoms. The fraction of sp³-hybridized carbons (Fsp3) is 0.333. The van der Waals surface area contributed by atoms with E-state index in [-0.39, 0.29) is 17.9 Å². The molecule has 3 N–H and O–H groups in total. The summed E-state index contributed by atoms with van der Waals surface area (Å²) in [6.07, 6.45) is 1.71. The number of aliphatic hydroxyl groups is 1. The molecule has 3 heterocycles. The van der Waals surface area contributed by atoms with Crippen LogP contribution >= 0.6 is 0 Å². The van der Waals surface area contributed by atoms with Gasteiger partial charge in [0, 0.05) is 30.7 Å². The van der Waals surface area contributed by atoms with Gasteiger partial charge >= 0.3 is 5.97 Å².